The largest absolute Gasteiger partial charge is 0.465 e. The number of hydrogen-bond donors (Lipinski definition) is 3. The molecule has 2 aliphatic rings. The number of amides is 2. The van der Waals surface area contributed by atoms with E-state index in [0.29, 0.717) is 5.95 Å². The van der Waals surface area contributed by atoms with Crippen molar-refractivity contribution in [2.45, 2.75) is 44.6 Å². The second kappa shape index (κ2) is 10.2. The molecule has 0 unspecified atom stereocenters. The molecular formula is C24H27N5O7. The van der Waals surface area contributed by atoms with Gasteiger partial charge in [0.15, 0.2) is 0 Å². The first-order chi connectivity index (χ1) is 17.2. The summed E-state index contributed by atoms with van der Waals surface area (Å²) in [5.41, 5.74) is -0.363. The van der Waals surface area contributed by atoms with Crippen molar-refractivity contribution in [3.05, 3.63) is 45.2 Å². The Morgan fingerprint density at radius 1 is 1.06 bits per heavy atom. The minimum Gasteiger partial charge on any atom is -0.465 e. The van der Waals surface area contributed by atoms with Crippen molar-refractivity contribution in [3.8, 4) is 0 Å². The highest BCUT2D eigenvalue weighted by Gasteiger charge is 2.36. The Morgan fingerprint density at radius 2 is 1.72 bits per heavy atom. The Balaban J connectivity index is 1.67. The summed E-state index contributed by atoms with van der Waals surface area (Å²) >= 11 is 0. The van der Waals surface area contributed by atoms with Crippen LogP contribution in [0, 0.1) is 0 Å². The molecule has 190 valence electrons. The van der Waals surface area contributed by atoms with Gasteiger partial charge in [-0.1, -0.05) is 0 Å². The summed E-state index contributed by atoms with van der Waals surface area (Å²) in [6.07, 6.45) is 2.72. The highest BCUT2D eigenvalue weighted by Crippen LogP contribution is 2.31. The van der Waals surface area contributed by atoms with Crippen LogP contribution in [0.3, 0.4) is 0 Å². The first-order valence-corrected chi connectivity index (χ1v) is 11.5. The van der Waals surface area contributed by atoms with Crippen molar-refractivity contribution < 1.29 is 28.7 Å². The SMILES string of the molecule is COC(=O)c1cc(NC(=O)[C@@H]2CC(=O)Nc3nc(N4CCCC[C@@H]4C)[nH]c(=O)c32)cc(C(=O)OC)c1. The molecule has 0 spiro atoms. The minimum atomic E-state index is -1.14. The van der Waals surface area contributed by atoms with Crippen LogP contribution in [0.15, 0.2) is 23.0 Å². The smallest absolute Gasteiger partial charge is 0.337 e. The van der Waals surface area contributed by atoms with Gasteiger partial charge in [0.2, 0.25) is 17.8 Å². The Bertz CT molecular complexity index is 1250. The molecular weight excluding hydrogens is 470 g/mol. The number of nitrogens with one attached hydrogen (secondary N) is 3. The quantitative estimate of drug-likeness (QED) is 0.523. The summed E-state index contributed by atoms with van der Waals surface area (Å²) in [7, 11) is 2.36. The maximum absolute atomic E-state index is 13.3. The lowest BCUT2D eigenvalue weighted by Gasteiger charge is -2.34. The molecule has 36 heavy (non-hydrogen) atoms. The van der Waals surface area contributed by atoms with Crippen LogP contribution in [0.5, 0.6) is 0 Å². The van der Waals surface area contributed by atoms with E-state index in [4.69, 9.17) is 9.47 Å². The molecule has 12 heteroatoms. The number of H-pyrrole nitrogens is 1. The Hall–Kier alpha value is -4.22. The average Bonchev–Trinajstić information content (AvgIpc) is 2.86. The van der Waals surface area contributed by atoms with E-state index in [0.717, 1.165) is 25.8 Å². The van der Waals surface area contributed by atoms with Crippen LogP contribution in [-0.2, 0) is 19.1 Å². The van der Waals surface area contributed by atoms with Gasteiger partial charge < -0.3 is 25.0 Å². The van der Waals surface area contributed by atoms with Gasteiger partial charge in [-0.2, -0.15) is 4.98 Å². The van der Waals surface area contributed by atoms with E-state index in [2.05, 4.69) is 20.6 Å². The molecule has 1 aromatic carbocycles. The first-order valence-electron chi connectivity index (χ1n) is 11.5. The lowest BCUT2D eigenvalue weighted by Crippen LogP contribution is -2.42. The fraction of sp³-hybridized carbons (Fsp3) is 0.417. The third-order valence-electron chi connectivity index (χ3n) is 6.37. The number of carbonyl (C=O) groups excluding carboxylic acids is 4. The van der Waals surface area contributed by atoms with Crippen LogP contribution in [0.2, 0.25) is 0 Å². The van der Waals surface area contributed by atoms with Crippen LogP contribution in [-0.4, -0.2) is 60.5 Å². The molecule has 2 aliphatic heterocycles. The van der Waals surface area contributed by atoms with Gasteiger partial charge in [0.05, 0.1) is 36.8 Å². The van der Waals surface area contributed by atoms with Crippen LogP contribution in [0.4, 0.5) is 17.5 Å². The number of carbonyl (C=O) groups is 4. The molecule has 0 saturated carbocycles. The molecule has 2 atom stereocenters. The van der Waals surface area contributed by atoms with Crippen molar-refractivity contribution in [2.24, 2.45) is 0 Å². The zero-order valence-corrected chi connectivity index (χ0v) is 20.2. The van der Waals surface area contributed by atoms with Gasteiger partial charge in [-0.25, -0.2) is 9.59 Å². The van der Waals surface area contributed by atoms with Crippen molar-refractivity contribution in [2.75, 3.05) is 36.3 Å². The number of methoxy groups -OCH3 is 2. The highest BCUT2D eigenvalue weighted by atomic mass is 16.5. The summed E-state index contributed by atoms with van der Waals surface area (Å²) in [5, 5.41) is 5.21. The number of ether oxygens (including phenoxy) is 2. The van der Waals surface area contributed by atoms with E-state index >= 15 is 0 Å². The number of fused-ring (bicyclic) bond motifs is 1. The van der Waals surface area contributed by atoms with E-state index in [-0.39, 0.29) is 40.7 Å². The van der Waals surface area contributed by atoms with Gasteiger partial charge in [-0.05, 0) is 44.4 Å². The van der Waals surface area contributed by atoms with Crippen LogP contribution in [0.1, 0.15) is 64.8 Å². The molecule has 12 nitrogen and oxygen atoms in total. The lowest BCUT2D eigenvalue weighted by atomic mass is 9.92. The second-order valence-corrected chi connectivity index (χ2v) is 8.77. The Kier molecular flexibility index (Phi) is 7.04. The van der Waals surface area contributed by atoms with Crippen molar-refractivity contribution in [1.29, 1.82) is 0 Å². The van der Waals surface area contributed by atoms with Crippen LogP contribution < -0.4 is 21.1 Å². The van der Waals surface area contributed by atoms with Gasteiger partial charge in [-0.3, -0.25) is 19.4 Å². The molecule has 4 rings (SSSR count). The number of anilines is 3. The zero-order chi connectivity index (χ0) is 26.0. The topological polar surface area (TPSA) is 160 Å². The van der Waals surface area contributed by atoms with E-state index in [1.165, 1.54) is 32.4 Å². The number of esters is 2. The molecule has 1 fully saturated rings. The van der Waals surface area contributed by atoms with E-state index in [9.17, 15) is 24.0 Å². The van der Waals surface area contributed by atoms with E-state index in [1.54, 1.807) is 0 Å². The maximum atomic E-state index is 13.3. The third kappa shape index (κ3) is 4.92. The zero-order valence-electron chi connectivity index (χ0n) is 20.2. The summed E-state index contributed by atoms with van der Waals surface area (Å²) in [4.78, 5) is 72.1. The van der Waals surface area contributed by atoms with E-state index in [1.807, 2.05) is 11.8 Å². The average molecular weight is 498 g/mol. The first kappa shape index (κ1) is 24.9. The number of piperidine rings is 1. The van der Waals surface area contributed by atoms with Crippen LogP contribution in [0.25, 0.3) is 0 Å². The Morgan fingerprint density at radius 3 is 2.33 bits per heavy atom. The number of aromatic amines is 1. The van der Waals surface area contributed by atoms with Crippen molar-refractivity contribution >= 4 is 41.2 Å². The number of benzene rings is 1. The molecule has 0 radical (unpaired) electrons. The fourth-order valence-electron chi connectivity index (χ4n) is 4.53. The number of hydrogen-bond acceptors (Lipinski definition) is 9. The normalized spacial score (nSPS) is 19.1. The summed E-state index contributed by atoms with van der Waals surface area (Å²) < 4.78 is 9.42. The molecule has 2 aromatic rings. The lowest BCUT2D eigenvalue weighted by molar-refractivity contribution is -0.123. The number of aromatic nitrogens is 2. The monoisotopic (exact) mass is 497 g/mol. The maximum Gasteiger partial charge on any atom is 0.337 e. The predicted molar refractivity (Wildman–Crippen MR) is 129 cm³/mol. The predicted octanol–water partition coefficient (Wildman–Crippen LogP) is 1.79. The Labute approximate surface area is 206 Å². The standard InChI is InChI=1S/C24H27N5O7/c1-12-6-4-5-7-29(12)24-27-19-18(21(32)28-24)16(11-17(30)26-19)20(31)25-15-9-13(22(33)35-2)8-14(10-15)23(34)36-3/h8-10,12,16H,4-7,11H2,1-3H3,(H,25,31)(H2,26,27,28,30,32)/t12-,16+/m0/s1. The third-order valence-corrected chi connectivity index (χ3v) is 6.37. The van der Waals surface area contributed by atoms with Gasteiger partial charge in [0.25, 0.3) is 5.56 Å². The molecule has 3 heterocycles. The van der Waals surface area contributed by atoms with Gasteiger partial charge in [0.1, 0.15) is 5.82 Å². The molecule has 0 bridgehead atoms. The summed E-state index contributed by atoms with van der Waals surface area (Å²) in [6.45, 7) is 2.76. The minimum absolute atomic E-state index is 0.0114. The molecule has 1 saturated heterocycles. The van der Waals surface area contributed by atoms with Crippen molar-refractivity contribution in [3.63, 3.8) is 0 Å². The molecule has 0 aliphatic carbocycles. The number of rotatable bonds is 5. The highest BCUT2D eigenvalue weighted by molar-refractivity contribution is 6.05. The summed E-state index contributed by atoms with van der Waals surface area (Å²) in [6, 6.07) is 4.09. The fourth-order valence-corrected chi connectivity index (χ4v) is 4.53. The van der Waals surface area contributed by atoms with Gasteiger partial charge in [0, 0.05) is 24.7 Å². The molecule has 3 N–H and O–H groups in total. The molecule has 1 aromatic heterocycles. The second-order valence-electron chi connectivity index (χ2n) is 8.77. The van der Waals surface area contributed by atoms with E-state index < -0.39 is 35.2 Å². The van der Waals surface area contributed by atoms with Gasteiger partial charge in [-0.15, -0.1) is 0 Å². The number of nitrogens with zero attached hydrogens (tertiary/aromatic N) is 2. The summed E-state index contributed by atoms with van der Waals surface area (Å²) in [5.74, 6) is -3.33. The van der Waals surface area contributed by atoms with Crippen LogP contribution >= 0.6 is 0 Å². The molecule has 2 amide bonds. The van der Waals surface area contributed by atoms with Crippen molar-refractivity contribution in [1.82, 2.24) is 9.97 Å². The van der Waals surface area contributed by atoms with Gasteiger partial charge >= 0.3 is 11.9 Å².